The van der Waals surface area contributed by atoms with Crippen LogP contribution in [-0.4, -0.2) is 30.9 Å². The normalized spacial score (nSPS) is 9.47. The fraction of sp³-hybridized carbons (Fsp3) is 0.600. The lowest BCUT2D eigenvalue weighted by molar-refractivity contribution is -0.142. The van der Waals surface area contributed by atoms with Crippen LogP contribution in [0, 0.1) is 0 Å². The van der Waals surface area contributed by atoms with Crippen LogP contribution >= 0.6 is 11.8 Å². The van der Waals surface area contributed by atoms with E-state index in [9.17, 15) is 9.59 Å². The van der Waals surface area contributed by atoms with Gasteiger partial charge in [-0.1, -0.05) is 6.58 Å². The number of carbonyl (C=O) groups excluding carboxylic acids is 2. The van der Waals surface area contributed by atoms with Crippen LogP contribution in [0.1, 0.15) is 20.3 Å². The lowest BCUT2D eigenvalue weighted by Crippen LogP contribution is -2.07. The van der Waals surface area contributed by atoms with Crippen molar-refractivity contribution in [3.63, 3.8) is 0 Å². The number of hydrogen-bond acceptors (Lipinski definition) is 5. The molecule has 0 bridgehead atoms. The molecule has 4 nitrogen and oxygen atoms in total. The van der Waals surface area contributed by atoms with E-state index in [1.54, 1.807) is 13.8 Å². The molecule has 0 unspecified atom stereocenters. The van der Waals surface area contributed by atoms with E-state index in [0.717, 1.165) is 0 Å². The molecule has 0 N–H and O–H groups in total. The Labute approximate surface area is 94.0 Å². The van der Waals surface area contributed by atoms with Crippen molar-refractivity contribution in [2.24, 2.45) is 0 Å². The third kappa shape index (κ3) is 7.02. The highest BCUT2D eigenvalue weighted by Crippen LogP contribution is 2.16. The van der Waals surface area contributed by atoms with Crippen LogP contribution in [0.2, 0.25) is 0 Å². The van der Waals surface area contributed by atoms with Gasteiger partial charge in [-0.05, 0) is 13.8 Å². The Morgan fingerprint density at radius 1 is 1.20 bits per heavy atom. The van der Waals surface area contributed by atoms with Crippen LogP contribution < -0.4 is 0 Å². The number of esters is 2. The van der Waals surface area contributed by atoms with Crippen LogP contribution in [0.15, 0.2) is 11.5 Å². The van der Waals surface area contributed by atoms with Crippen LogP contribution in [0.3, 0.4) is 0 Å². The van der Waals surface area contributed by atoms with Crippen LogP contribution in [-0.2, 0) is 19.1 Å². The largest absolute Gasteiger partial charge is 0.466 e. The maximum absolute atomic E-state index is 11.1. The Morgan fingerprint density at radius 2 is 1.80 bits per heavy atom. The first-order valence-electron chi connectivity index (χ1n) is 4.76. The molecule has 0 aliphatic carbocycles. The Balaban J connectivity index is 3.63. The zero-order valence-corrected chi connectivity index (χ0v) is 9.89. The minimum Gasteiger partial charge on any atom is -0.466 e. The van der Waals surface area contributed by atoms with Gasteiger partial charge in [0.05, 0.1) is 24.5 Å². The molecule has 0 fully saturated rings. The van der Waals surface area contributed by atoms with Gasteiger partial charge in [0.25, 0.3) is 0 Å². The molecule has 0 rings (SSSR count). The van der Waals surface area contributed by atoms with Gasteiger partial charge in [-0.2, -0.15) is 0 Å². The molecule has 86 valence electrons. The van der Waals surface area contributed by atoms with Gasteiger partial charge in [0.1, 0.15) is 0 Å². The summed E-state index contributed by atoms with van der Waals surface area (Å²) in [5.74, 6) is -0.204. The third-order valence-corrected chi connectivity index (χ3v) is 2.31. The number of hydrogen-bond donors (Lipinski definition) is 0. The minimum atomic E-state index is -0.425. The molecule has 0 aromatic rings. The van der Waals surface area contributed by atoms with E-state index in [0.29, 0.717) is 23.9 Å². The van der Waals surface area contributed by atoms with Crippen molar-refractivity contribution in [1.29, 1.82) is 0 Å². The first-order chi connectivity index (χ1) is 7.11. The summed E-state index contributed by atoms with van der Waals surface area (Å²) in [6.07, 6.45) is 0.275. The van der Waals surface area contributed by atoms with Gasteiger partial charge >= 0.3 is 11.9 Å². The Bertz CT molecular complexity index is 238. The zero-order chi connectivity index (χ0) is 11.7. The molecule has 0 amide bonds. The second-order valence-corrected chi connectivity index (χ2v) is 3.74. The number of thioether (sulfide) groups is 1. The third-order valence-electron chi connectivity index (χ3n) is 1.39. The van der Waals surface area contributed by atoms with Gasteiger partial charge in [0.15, 0.2) is 0 Å². The number of ether oxygens (including phenoxy) is 2. The fourth-order valence-corrected chi connectivity index (χ4v) is 1.45. The molecule has 0 aromatic heterocycles. The number of rotatable bonds is 7. The molecule has 5 heteroatoms. The first-order valence-corrected chi connectivity index (χ1v) is 5.74. The summed E-state index contributed by atoms with van der Waals surface area (Å²) in [7, 11) is 0. The lowest BCUT2D eigenvalue weighted by Gasteiger charge is -2.04. The second-order valence-electron chi connectivity index (χ2n) is 2.55. The number of carbonyl (C=O) groups is 2. The molecule has 0 heterocycles. The first kappa shape index (κ1) is 14.0. The van der Waals surface area contributed by atoms with E-state index >= 15 is 0 Å². The zero-order valence-electron chi connectivity index (χ0n) is 9.08. The van der Waals surface area contributed by atoms with Crippen LogP contribution in [0.4, 0.5) is 0 Å². The summed E-state index contributed by atoms with van der Waals surface area (Å²) < 4.78 is 9.47. The van der Waals surface area contributed by atoms with E-state index in [-0.39, 0.29) is 12.4 Å². The highest BCUT2D eigenvalue weighted by Gasteiger charge is 2.09. The molecular weight excluding hydrogens is 216 g/mol. The SMILES string of the molecule is C=C(SCCC(=O)OCC)C(=O)OCC. The highest BCUT2D eigenvalue weighted by atomic mass is 32.2. The maximum Gasteiger partial charge on any atom is 0.343 e. The second kappa shape index (κ2) is 8.35. The summed E-state index contributed by atoms with van der Waals surface area (Å²) in [6, 6.07) is 0. The topological polar surface area (TPSA) is 52.6 Å². The Kier molecular flexibility index (Phi) is 7.81. The maximum atomic E-state index is 11.1. The summed E-state index contributed by atoms with van der Waals surface area (Å²) in [4.78, 5) is 22.3. The van der Waals surface area contributed by atoms with E-state index in [2.05, 4.69) is 6.58 Å². The molecule has 0 atom stereocenters. The van der Waals surface area contributed by atoms with Gasteiger partial charge in [-0.3, -0.25) is 4.79 Å². The van der Waals surface area contributed by atoms with E-state index in [4.69, 9.17) is 9.47 Å². The molecular formula is C10H16O4S. The summed E-state index contributed by atoms with van der Waals surface area (Å²) in [5, 5.41) is 0. The predicted molar refractivity (Wildman–Crippen MR) is 59.5 cm³/mol. The molecule has 0 aliphatic heterocycles. The van der Waals surface area contributed by atoms with Crippen molar-refractivity contribution in [2.75, 3.05) is 19.0 Å². The molecule has 0 saturated carbocycles. The van der Waals surface area contributed by atoms with Crippen LogP contribution in [0.5, 0.6) is 0 Å². The van der Waals surface area contributed by atoms with Gasteiger partial charge in [0, 0.05) is 5.75 Å². The van der Waals surface area contributed by atoms with Crippen molar-refractivity contribution in [1.82, 2.24) is 0 Å². The summed E-state index contributed by atoms with van der Waals surface area (Å²) in [6.45, 7) is 7.74. The monoisotopic (exact) mass is 232 g/mol. The van der Waals surface area contributed by atoms with Crippen molar-refractivity contribution in [3.8, 4) is 0 Å². The molecule has 0 aliphatic rings. The average molecular weight is 232 g/mol. The van der Waals surface area contributed by atoms with Gasteiger partial charge in [0.2, 0.25) is 0 Å². The minimum absolute atomic E-state index is 0.262. The standard InChI is InChI=1S/C10H16O4S/c1-4-13-9(11)6-7-15-8(3)10(12)14-5-2/h3-7H2,1-2H3. The quantitative estimate of drug-likeness (QED) is 0.494. The average Bonchev–Trinajstić information content (AvgIpc) is 2.18. The van der Waals surface area contributed by atoms with Gasteiger partial charge in [-0.25, -0.2) is 4.79 Å². The molecule has 0 aromatic carbocycles. The molecule has 0 radical (unpaired) electrons. The summed E-state index contributed by atoms with van der Waals surface area (Å²) >= 11 is 1.21. The van der Waals surface area contributed by atoms with Crippen molar-refractivity contribution < 1.29 is 19.1 Å². The van der Waals surface area contributed by atoms with E-state index < -0.39 is 5.97 Å². The van der Waals surface area contributed by atoms with E-state index in [1.807, 2.05) is 0 Å². The van der Waals surface area contributed by atoms with Gasteiger partial charge < -0.3 is 9.47 Å². The fourth-order valence-electron chi connectivity index (χ4n) is 0.761. The molecule has 0 saturated heterocycles. The van der Waals surface area contributed by atoms with Gasteiger partial charge in [-0.15, -0.1) is 11.8 Å². The predicted octanol–water partition coefficient (Wildman–Crippen LogP) is 1.75. The van der Waals surface area contributed by atoms with Crippen molar-refractivity contribution >= 4 is 23.7 Å². The highest BCUT2D eigenvalue weighted by molar-refractivity contribution is 8.03. The van der Waals surface area contributed by atoms with E-state index in [1.165, 1.54) is 11.8 Å². The van der Waals surface area contributed by atoms with Crippen LogP contribution in [0.25, 0.3) is 0 Å². The molecule has 15 heavy (non-hydrogen) atoms. The summed E-state index contributed by atoms with van der Waals surface area (Å²) in [5.41, 5.74) is 0. The Morgan fingerprint density at radius 3 is 2.33 bits per heavy atom. The Hall–Kier alpha value is -0.970. The van der Waals surface area contributed by atoms with Crippen molar-refractivity contribution in [2.45, 2.75) is 20.3 Å². The smallest absolute Gasteiger partial charge is 0.343 e. The van der Waals surface area contributed by atoms with Crippen molar-refractivity contribution in [3.05, 3.63) is 11.5 Å². The lowest BCUT2D eigenvalue weighted by atomic mass is 10.5. The molecule has 0 spiro atoms.